The molecule has 0 spiro atoms. The molecule has 9 heteroatoms. The fourth-order valence-electron chi connectivity index (χ4n) is 2.58. The number of amides is 1. The first-order valence-corrected chi connectivity index (χ1v) is 9.59. The van der Waals surface area contributed by atoms with E-state index < -0.39 is 15.9 Å². The predicted molar refractivity (Wildman–Crippen MR) is 96.0 cm³/mol. The van der Waals surface area contributed by atoms with Crippen molar-refractivity contribution in [3.05, 3.63) is 52.6 Å². The number of hydrogen-bond donors (Lipinski definition) is 1. The molecule has 0 atom stereocenters. The number of carbonyl (C=O) groups is 1. The molecule has 1 aromatic heterocycles. The Morgan fingerprint density at radius 2 is 2.04 bits per heavy atom. The second kappa shape index (κ2) is 7.20. The molecule has 138 valence electrons. The van der Waals surface area contributed by atoms with Gasteiger partial charge in [0.15, 0.2) is 6.61 Å². The summed E-state index contributed by atoms with van der Waals surface area (Å²) in [6, 6.07) is 7.77. The Balaban J connectivity index is 1.58. The van der Waals surface area contributed by atoms with Crippen LogP contribution in [0.3, 0.4) is 0 Å². The summed E-state index contributed by atoms with van der Waals surface area (Å²) in [5.41, 5.74) is 0.696. The van der Waals surface area contributed by atoms with Crippen molar-refractivity contribution in [1.29, 1.82) is 0 Å². The number of carbonyl (C=O) groups excluding carboxylic acids is 1. The van der Waals surface area contributed by atoms with Gasteiger partial charge in [0.25, 0.3) is 5.91 Å². The maximum Gasteiger partial charge on any atom is 0.262 e. The van der Waals surface area contributed by atoms with Gasteiger partial charge in [0.05, 0.1) is 11.4 Å². The van der Waals surface area contributed by atoms with Crippen molar-refractivity contribution in [3.8, 4) is 5.75 Å². The van der Waals surface area contributed by atoms with Crippen molar-refractivity contribution in [2.75, 3.05) is 28.5 Å². The van der Waals surface area contributed by atoms with Crippen molar-refractivity contribution >= 4 is 27.3 Å². The summed E-state index contributed by atoms with van der Waals surface area (Å²) in [5.74, 6) is 0.106. The van der Waals surface area contributed by atoms with Gasteiger partial charge in [-0.05, 0) is 37.6 Å². The summed E-state index contributed by atoms with van der Waals surface area (Å²) in [6.07, 6.45) is 1.77. The Labute approximate surface area is 150 Å². The summed E-state index contributed by atoms with van der Waals surface area (Å²) in [7, 11) is -3.23. The molecule has 0 radical (unpaired) electrons. The molecule has 3 rings (SSSR count). The van der Waals surface area contributed by atoms with E-state index in [0.29, 0.717) is 30.1 Å². The van der Waals surface area contributed by atoms with Gasteiger partial charge in [0, 0.05) is 18.3 Å². The number of benzene rings is 1. The third-order valence-electron chi connectivity index (χ3n) is 3.83. The van der Waals surface area contributed by atoms with E-state index in [2.05, 4.69) is 5.32 Å². The first-order valence-electron chi connectivity index (χ1n) is 7.98. The van der Waals surface area contributed by atoms with Gasteiger partial charge in [-0.25, -0.2) is 8.42 Å². The maximum atomic E-state index is 11.9. The number of sulfonamides is 1. The lowest BCUT2D eigenvalue weighted by Gasteiger charge is -2.17. The second-order valence-electron chi connectivity index (χ2n) is 5.84. The second-order valence-corrected chi connectivity index (χ2v) is 7.86. The predicted octanol–water partition coefficient (Wildman–Crippen LogP) is 1.51. The molecular weight excluding hydrogens is 360 g/mol. The first kappa shape index (κ1) is 18.0. The molecule has 0 aliphatic carbocycles. The third-order valence-corrected chi connectivity index (χ3v) is 5.70. The molecule has 1 fully saturated rings. The highest BCUT2D eigenvalue weighted by molar-refractivity contribution is 7.93. The molecule has 8 nitrogen and oxygen atoms in total. The van der Waals surface area contributed by atoms with Crippen molar-refractivity contribution in [3.63, 3.8) is 0 Å². The quantitative estimate of drug-likeness (QED) is 0.845. The zero-order valence-corrected chi connectivity index (χ0v) is 14.9. The van der Waals surface area contributed by atoms with Gasteiger partial charge in [0.1, 0.15) is 12.0 Å². The van der Waals surface area contributed by atoms with E-state index in [1.54, 1.807) is 31.2 Å². The molecule has 26 heavy (non-hydrogen) atoms. The zero-order chi connectivity index (χ0) is 18.7. The lowest BCUT2D eigenvalue weighted by molar-refractivity contribution is -0.118. The lowest BCUT2D eigenvalue weighted by Crippen LogP contribution is -2.25. The van der Waals surface area contributed by atoms with E-state index in [-0.39, 0.29) is 23.5 Å². The number of aryl methyl sites for hydroxylation is 1. The van der Waals surface area contributed by atoms with Gasteiger partial charge >= 0.3 is 0 Å². The van der Waals surface area contributed by atoms with E-state index >= 15 is 0 Å². The Morgan fingerprint density at radius 3 is 2.65 bits per heavy atom. The molecule has 1 aliphatic heterocycles. The van der Waals surface area contributed by atoms with Crippen molar-refractivity contribution in [2.24, 2.45) is 0 Å². The SMILES string of the molecule is Cc1cc(=O)c(OCC(=O)Nc2ccc(N3CCCS3(=O)=O)cc2)co1. The van der Waals surface area contributed by atoms with Crippen LogP contribution in [0.15, 0.2) is 45.8 Å². The first-order chi connectivity index (χ1) is 12.3. The van der Waals surface area contributed by atoms with E-state index in [9.17, 15) is 18.0 Å². The highest BCUT2D eigenvalue weighted by Gasteiger charge is 2.28. The lowest BCUT2D eigenvalue weighted by atomic mass is 10.2. The van der Waals surface area contributed by atoms with Crippen molar-refractivity contribution < 1.29 is 22.4 Å². The van der Waals surface area contributed by atoms with Gasteiger partial charge in [-0.3, -0.25) is 13.9 Å². The van der Waals surface area contributed by atoms with E-state index in [1.165, 1.54) is 10.4 Å². The Bertz CT molecular complexity index is 965. The Hall–Kier alpha value is -2.81. The van der Waals surface area contributed by atoms with Crippen molar-refractivity contribution in [1.82, 2.24) is 0 Å². The molecule has 1 amide bonds. The highest BCUT2D eigenvalue weighted by atomic mass is 32.2. The fourth-order valence-corrected chi connectivity index (χ4v) is 4.14. The zero-order valence-electron chi connectivity index (χ0n) is 14.1. The fraction of sp³-hybridized carbons (Fsp3) is 0.294. The minimum atomic E-state index is -3.23. The largest absolute Gasteiger partial charge is 0.477 e. The van der Waals surface area contributed by atoms with Crippen LogP contribution in [0.1, 0.15) is 12.2 Å². The monoisotopic (exact) mass is 378 g/mol. The molecule has 0 unspecified atom stereocenters. The van der Waals surface area contributed by atoms with Gasteiger partial charge < -0.3 is 14.5 Å². The number of nitrogens with one attached hydrogen (secondary N) is 1. The normalized spacial score (nSPS) is 15.7. The Kier molecular flexibility index (Phi) is 4.99. The summed E-state index contributed by atoms with van der Waals surface area (Å²) >= 11 is 0. The molecule has 0 bridgehead atoms. The van der Waals surface area contributed by atoms with Crippen molar-refractivity contribution in [2.45, 2.75) is 13.3 Å². The average molecular weight is 378 g/mol. The molecule has 1 N–H and O–H groups in total. The van der Waals surface area contributed by atoms with Crippen LogP contribution >= 0.6 is 0 Å². The maximum absolute atomic E-state index is 11.9. The molecule has 2 heterocycles. The summed E-state index contributed by atoms with van der Waals surface area (Å²) in [5, 5.41) is 2.62. The molecule has 1 aromatic carbocycles. The van der Waals surface area contributed by atoms with Crippen LogP contribution in [0.5, 0.6) is 5.75 Å². The van der Waals surface area contributed by atoms with Crippen LogP contribution < -0.4 is 19.8 Å². The Morgan fingerprint density at radius 1 is 1.31 bits per heavy atom. The van der Waals surface area contributed by atoms with Crippen LogP contribution in [0.25, 0.3) is 0 Å². The molecular formula is C17H18N2O6S. The number of ether oxygens (including phenoxy) is 1. The van der Waals surface area contributed by atoms with Crippen LogP contribution in [0.2, 0.25) is 0 Å². The minimum absolute atomic E-state index is 0.0414. The summed E-state index contributed by atoms with van der Waals surface area (Å²) in [6.45, 7) is 1.74. The highest BCUT2D eigenvalue weighted by Crippen LogP contribution is 2.25. The summed E-state index contributed by atoms with van der Waals surface area (Å²) < 4.78 is 35.4. The molecule has 0 saturated carbocycles. The standard InChI is InChI=1S/C17H18N2O6S/c1-12-9-15(20)16(10-24-12)25-11-17(21)18-13-3-5-14(6-4-13)19-7-2-8-26(19,22)23/h3-6,9-10H,2,7-8,11H2,1H3,(H,18,21). The topological polar surface area (TPSA) is 106 Å². The third kappa shape index (κ3) is 4.05. The van der Waals surface area contributed by atoms with Crippen LogP contribution in [0.4, 0.5) is 11.4 Å². The van der Waals surface area contributed by atoms with Gasteiger partial charge in [0.2, 0.25) is 21.2 Å². The molecule has 1 aliphatic rings. The van der Waals surface area contributed by atoms with Gasteiger partial charge in [-0.15, -0.1) is 0 Å². The number of anilines is 2. The van der Waals surface area contributed by atoms with E-state index in [1.807, 2.05) is 0 Å². The van der Waals surface area contributed by atoms with E-state index in [0.717, 1.165) is 6.26 Å². The van der Waals surface area contributed by atoms with Gasteiger partial charge in [-0.2, -0.15) is 0 Å². The minimum Gasteiger partial charge on any atom is -0.477 e. The van der Waals surface area contributed by atoms with Gasteiger partial charge in [-0.1, -0.05) is 0 Å². The number of hydrogen-bond acceptors (Lipinski definition) is 6. The van der Waals surface area contributed by atoms with Crippen LogP contribution in [0, 0.1) is 6.92 Å². The molecule has 2 aromatic rings. The number of rotatable bonds is 5. The summed E-state index contributed by atoms with van der Waals surface area (Å²) in [4.78, 5) is 23.6. The smallest absolute Gasteiger partial charge is 0.262 e. The molecule has 1 saturated heterocycles. The van der Waals surface area contributed by atoms with Crippen LogP contribution in [-0.2, 0) is 14.8 Å². The van der Waals surface area contributed by atoms with E-state index in [4.69, 9.17) is 9.15 Å². The van der Waals surface area contributed by atoms with Crippen LogP contribution in [-0.4, -0.2) is 33.2 Å². The average Bonchev–Trinajstić information content (AvgIpc) is 2.94. The number of nitrogens with zero attached hydrogens (tertiary/aromatic N) is 1.